The summed E-state index contributed by atoms with van der Waals surface area (Å²) >= 11 is 0. The van der Waals surface area contributed by atoms with E-state index in [1.165, 1.54) is 24.3 Å². The summed E-state index contributed by atoms with van der Waals surface area (Å²) in [7, 11) is 0. The number of hydrogen-bond acceptors (Lipinski definition) is 4. The Balaban J connectivity index is 0.00000236. The Bertz CT molecular complexity index is 1460. The van der Waals surface area contributed by atoms with Crippen LogP contribution in [0.25, 0.3) is 0 Å². The van der Waals surface area contributed by atoms with Crippen molar-refractivity contribution < 1.29 is 23.5 Å². The van der Waals surface area contributed by atoms with Crippen LogP contribution >= 0.6 is 0 Å². The Kier molecular flexibility index (Phi) is 16.8. The lowest BCUT2D eigenvalue weighted by Gasteiger charge is -2.26. The maximum absolute atomic E-state index is 14.0. The molecule has 2 atom stereocenters. The van der Waals surface area contributed by atoms with Crippen molar-refractivity contribution in [3.63, 3.8) is 0 Å². The highest BCUT2D eigenvalue weighted by Crippen LogP contribution is 2.16. The molecular weight excluding hydrogens is 584 g/mol. The van der Waals surface area contributed by atoms with Crippen LogP contribution in [0.3, 0.4) is 0 Å². The van der Waals surface area contributed by atoms with Gasteiger partial charge in [0.2, 0.25) is 0 Å². The minimum Gasteiger partial charge on any atom is -0.390 e. The van der Waals surface area contributed by atoms with Crippen molar-refractivity contribution in [2.24, 2.45) is 0 Å². The number of amides is 2. The van der Waals surface area contributed by atoms with Gasteiger partial charge in [-0.1, -0.05) is 55.7 Å². The molecule has 0 aliphatic heterocycles. The van der Waals surface area contributed by atoms with E-state index in [-0.39, 0.29) is 30.0 Å². The van der Waals surface area contributed by atoms with E-state index < -0.39 is 29.7 Å². The number of aliphatic hydroxyl groups is 1. The number of hydrogen-bond donors (Lipinski definition) is 3. The van der Waals surface area contributed by atoms with Crippen LogP contribution in [0.15, 0.2) is 72.4 Å². The number of carbonyl (C=O) groups is 2. The molecule has 0 bridgehead atoms. The number of benzene rings is 2. The molecule has 8 heteroatoms. The predicted octanol–water partition coefficient (Wildman–Crippen LogP) is 5.97. The molecule has 0 heterocycles. The molecule has 0 fully saturated rings. The van der Waals surface area contributed by atoms with Crippen LogP contribution in [0.1, 0.15) is 78.3 Å². The summed E-state index contributed by atoms with van der Waals surface area (Å²) in [6.45, 7) is 7.40. The fourth-order valence-corrected chi connectivity index (χ4v) is 4.93. The second-order valence-electron chi connectivity index (χ2n) is 10.9. The minimum absolute atomic E-state index is 0.0289. The molecule has 244 valence electrons. The van der Waals surface area contributed by atoms with Crippen LogP contribution < -0.4 is 10.6 Å². The second kappa shape index (κ2) is 20.5. The van der Waals surface area contributed by atoms with Crippen LogP contribution in [0.2, 0.25) is 0 Å². The molecule has 3 N–H and O–H groups in total. The van der Waals surface area contributed by atoms with Gasteiger partial charge in [0.1, 0.15) is 11.6 Å². The van der Waals surface area contributed by atoms with Gasteiger partial charge in [-0.15, -0.1) is 18.8 Å². The highest BCUT2D eigenvalue weighted by Gasteiger charge is 2.24. The summed E-state index contributed by atoms with van der Waals surface area (Å²) in [4.78, 5) is 28.5. The molecule has 3 rings (SSSR count). The predicted molar refractivity (Wildman–Crippen MR) is 181 cm³/mol. The zero-order chi connectivity index (χ0) is 33.9. The number of carbonyl (C=O) groups excluding carboxylic acids is 2. The number of terminal acetylenes is 2. The summed E-state index contributed by atoms with van der Waals surface area (Å²) in [6.07, 6.45) is 22.6. The van der Waals surface area contributed by atoms with Crippen molar-refractivity contribution in [3.8, 4) is 24.7 Å². The first kappa shape index (κ1) is 37.7. The fourth-order valence-electron chi connectivity index (χ4n) is 4.93. The third-order valence-electron chi connectivity index (χ3n) is 7.03. The Morgan fingerprint density at radius 3 is 2.26 bits per heavy atom. The molecule has 2 unspecified atom stereocenters. The van der Waals surface area contributed by atoms with Crippen LogP contribution in [0.5, 0.6) is 0 Å². The Morgan fingerprint density at radius 2 is 1.63 bits per heavy atom. The average molecular weight is 630 g/mol. The Labute approximate surface area is 272 Å². The standard InChI is InChI=1S/C35H41F2N3O3.C3H4/c1-4-14-40(15-5-2)35(43)29-17-25(6-3)16-28(21-29)34(42)39-32(20-27-18-30(36)22-31(37)19-27)33(41)24-38-23-26-12-10-8-7-9-11-13-26;1-3-2/h3,8-12,16-19,21-22,32-33,38,41H,4-5,7,13-15,20,23-24H2,1-2H3,(H,39,42);1H,2H3/b10-8?,11-9-,26-12+;. The third-order valence-corrected chi connectivity index (χ3v) is 7.03. The molecule has 0 saturated carbocycles. The normalized spacial score (nSPS) is 15.3. The van der Waals surface area contributed by atoms with E-state index in [0.717, 1.165) is 37.3 Å². The smallest absolute Gasteiger partial charge is 0.253 e. The molecule has 0 radical (unpaired) electrons. The Morgan fingerprint density at radius 1 is 0.978 bits per heavy atom. The van der Waals surface area contributed by atoms with Crippen LogP contribution in [-0.2, 0) is 6.42 Å². The van der Waals surface area contributed by atoms with Crippen LogP contribution in [0.4, 0.5) is 8.78 Å². The van der Waals surface area contributed by atoms with Gasteiger partial charge in [-0.3, -0.25) is 9.59 Å². The number of nitrogens with one attached hydrogen (secondary N) is 2. The van der Waals surface area contributed by atoms with Gasteiger partial charge in [-0.2, -0.15) is 0 Å². The molecule has 0 aromatic heterocycles. The van der Waals surface area contributed by atoms with E-state index in [4.69, 9.17) is 6.42 Å². The van der Waals surface area contributed by atoms with Gasteiger partial charge in [0.25, 0.3) is 11.8 Å². The fraction of sp³-hybridized carbons (Fsp3) is 0.368. The molecule has 0 spiro atoms. The number of rotatable bonds is 14. The molecule has 1 aliphatic carbocycles. The number of halogens is 2. The summed E-state index contributed by atoms with van der Waals surface area (Å²) in [6, 6.07) is 6.78. The van der Waals surface area contributed by atoms with Crippen molar-refractivity contribution in [2.75, 3.05) is 26.2 Å². The van der Waals surface area contributed by atoms with E-state index in [9.17, 15) is 23.5 Å². The summed E-state index contributed by atoms with van der Waals surface area (Å²) in [5.74, 6) is 2.47. The highest BCUT2D eigenvalue weighted by molar-refractivity contribution is 6.00. The van der Waals surface area contributed by atoms with Gasteiger partial charge in [0.05, 0.1) is 12.1 Å². The van der Waals surface area contributed by atoms with Gasteiger partial charge in [0, 0.05) is 48.9 Å². The third kappa shape index (κ3) is 12.9. The molecular formula is C38H45F2N3O3. The zero-order valence-electron chi connectivity index (χ0n) is 27.0. The summed E-state index contributed by atoms with van der Waals surface area (Å²) in [5, 5.41) is 17.2. The largest absolute Gasteiger partial charge is 0.390 e. The number of aliphatic hydroxyl groups excluding tert-OH is 1. The minimum atomic E-state index is -1.10. The monoisotopic (exact) mass is 629 g/mol. The van der Waals surface area contributed by atoms with Crippen LogP contribution in [0, 0.1) is 36.3 Å². The maximum Gasteiger partial charge on any atom is 0.253 e. The summed E-state index contributed by atoms with van der Waals surface area (Å²) in [5.41, 5.74) is 2.22. The van der Waals surface area contributed by atoms with E-state index in [1.807, 2.05) is 32.1 Å². The van der Waals surface area contributed by atoms with Crippen LogP contribution in [-0.4, -0.2) is 60.1 Å². The topological polar surface area (TPSA) is 81.7 Å². The van der Waals surface area contributed by atoms with E-state index in [1.54, 1.807) is 17.9 Å². The second-order valence-corrected chi connectivity index (χ2v) is 10.9. The van der Waals surface area contributed by atoms with E-state index in [2.05, 4.69) is 41.0 Å². The maximum atomic E-state index is 14.0. The van der Waals surface area contributed by atoms with Crippen molar-refractivity contribution in [1.29, 1.82) is 0 Å². The van der Waals surface area contributed by atoms with Crippen molar-refractivity contribution in [2.45, 2.75) is 65.0 Å². The SMILES string of the molecule is C#CC.C#Cc1cc(C(=O)NC(Cc2cc(F)cc(F)c2)C(O)CNC/C2=C/C=CC/C=C\C2)cc(C(=O)N(CCC)CCC)c1. The van der Waals surface area contributed by atoms with Crippen molar-refractivity contribution in [1.82, 2.24) is 15.5 Å². The molecule has 2 amide bonds. The zero-order valence-corrected chi connectivity index (χ0v) is 27.0. The van der Waals surface area contributed by atoms with Gasteiger partial charge in [-0.05, 0) is 74.9 Å². The first-order valence-electron chi connectivity index (χ1n) is 15.6. The Hall–Kier alpha value is -4.50. The molecule has 2 aromatic rings. The molecule has 6 nitrogen and oxygen atoms in total. The van der Waals surface area contributed by atoms with Crippen molar-refractivity contribution in [3.05, 3.63) is 106 Å². The molecule has 2 aromatic carbocycles. The number of nitrogens with zero attached hydrogens (tertiary/aromatic N) is 1. The summed E-state index contributed by atoms with van der Waals surface area (Å²) < 4.78 is 28.0. The van der Waals surface area contributed by atoms with Gasteiger partial charge >= 0.3 is 0 Å². The molecule has 46 heavy (non-hydrogen) atoms. The van der Waals surface area contributed by atoms with Gasteiger partial charge in [-0.25, -0.2) is 8.78 Å². The molecule has 1 aliphatic rings. The number of allylic oxidation sites excluding steroid dienone is 5. The first-order valence-corrected chi connectivity index (χ1v) is 15.6. The molecule has 0 saturated heterocycles. The lowest BCUT2D eigenvalue weighted by Crippen LogP contribution is -2.49. The quantitative estimate of drug-likeness (QED) is 0.178. The first-order chi connectivity index (χ1) is 22.1. The van der Waals surface area contributed by atoms with Gasteiger partial charge in [0.15, 0.2) is 0 Å². The lowest BCUT2D eigenvalue weighted by molar-refractivity contribution is 0.0755. The lowest BCUT2D eigenvalue weighted by atomic mass is 9.99. The van der Waals surface area contributed by atoms with E-state index in [0.29, 0.717) is 30.8 Å². The van der Waals surface area contributed by atoms with E-state index >= 15 is 0 Å². The van der Waals surface area contributed by atoms with Gasteiger partial charge < -0.3 is 20.6 Å². The van der Waals surface area contributed by atoms with Crippen molar-refractivity contribution >= 4 is 11.8 Å². The average Bonchev–Trinajstić information content (AvgIpc) is 3.00. The highest BCUT2D eigenvalue weighted by atomic mass is 19.1.